The average Bonchev–Trinajstić information content (AvgIpc) is 2.66. The Morgan fingerprint density at radius 2 is 2.21 bits per heavy atom. The SMILES string of the molecule is CCNCc1cc(S(=O)(=O)N(C)C2CCC2)c(Br)s1. The predicted octanol–water partition coefficient (Wildman–Crippen LogP) is 2.79. The first-order chi connectivity index (χ1) is 8.96. The maximum absolute atomic E-state index is 12.6. The zero-order valence-corrected chi connectivity index (χ0v) is 14.4. The number of nitrogens with zero attached hydrogens (tertiary/aromatic N) is 1. The van der Waals surface area contributed by atoms with E-state index in [0.29, 0.717) is 15.2 Å². The van der Waals surface area contributed by atoms with E-state index in [2.05, 4.69) is 21.2 Å². The van der Waals surface area contributed by atoms with Gasteiger partial charge in [-0.15, -0.1) is 11.3 Å². The topological polar surface area (TPSA) is 49.4 Å². The van der Waals surface area contributed by atoms with Crippen LogP contribution in [-0.2, 0) is 16.6 Å². The molecule has 1 aromatic heterocycles. The minimum atomic E-state index is -3.36. The van der Waals surface area contributed by atoms with Crippen LogP contribution in [0.5, 0.6) is 0 Å². The largest absolute Gasteiger partial charge is 0.312 e. The number of thiophene rings is 1. The van der Waals surface area contributed by atoms with Crippen molar-refractivity contribution >= 4 is 37.3 Å². The van der Waals surface area contributed by atoms with Crippen molar-refractivity contribution in [3.05, 3.63) is 14.7 Å². The molecule has 2 rings (SSSR count). The Labute approximate surface area is 127 Å². The van der Waals surface area contributed by atoms with Gasteiger partial charge in [-0.2, -0.15) is 4.31 Å². The first kappa shape index (κ1) is 15.4. The molecule has 0 spiro atoms. The van der Waals surface area contributed by atoms with Crippen LogP contribution >= 0.6 is 27.3 Å². The van der Waals surface area contributed by atoms with E-state index < -0.39 is 10.0 Å². The van der Waals surface area contributed by atoms with Crippen LogP contribution in [0.25, 0.3) is 0 Å². The molecule has 1 heterocycles. The highest BCUT2D eigenvalue weighted by molar-refractivity contribution is 9.11. The number of rotatable bonds is 6. The molecule has 1 aromatic rings. The van der Waals surface area contributed by atoms with Gasteiger partial charge in [0.2, 0.25) is 10.0 Å². The average molecular weight is 367 g/mol. The first-order valence-electron chi connectivity index (χ1n) is 6.43. The van der Waals surface area contributed by atoms with Crippen LogP contribution in [0.4, 0.5) is 0 Å². The second-order valence-corrected chi connectivity index (χ2v) is 9.16. The van der Waals surface area contributed by atoms with Crippen molar-refractivity contribution in [3.63, 3.8) is 0 Å². The predicted molar refractivity (Wildman–Crippen MR) is 82.0 cm³/mol. The minimum Gasteiger partial charge on any atom is -0.312 e. The molecule has 19 heavy (non-hydrogen) atoms. The Kier molecular flexibility index (Phi) is 5.05. The lowest BCUT2D eigenvalue weighted by Crippen LogP contribution is -2.41. The molecule has 1 saturated carbocycles. The van der Waals surface area contributed by atoms with Gasteiger partial charge in [-0.1, -0.05) is 13.3 Å². The van der Waals surface area contributed by atoms with Gasteiger partial charge in [-0.3, -0.25) is 0 Å². The molecular weight excluding hydrogens is 348 g/mol. The van der Waals surface area contributed by atoms with Crippen LogP contribution in [0.15, 0.2) is 14.7 Å². The summed E-state index contributed by atoms with van der Waals surface area (Å²) in [6.45, 7) is 3.62. The van der Waals surface area contributed by atoms with Gasteiger partial charge in [0.05, 0.1) is 3.79 Å². The smallest absolute Gasteiger partial charge is 0.245 e. The normalized spacial score (nSPS) is 16.8. The summed E-state index contributed by atoms with van der Waals surface area (Å²) in [4.78, 5) is 1.44. The second-order valence-electron chi connectivity index (χ2n) is 4.74. The van der Waals surface area contributed by atoms with Crippen LogP contribution in [0.2, 0.25) is 0 Å². The van der Waals surface area contributed by atoms with Crippen LogP contribution in [0.1, 0.15) is 31.1 Å². The molecule has 0 aliphatic heterocycles. The van der Waals surface area contributed by atoms with Crippen LogP contribution in [0.3, 0.4) is 0 Å². The molecule has 0 saturated heterocycles. The monoisotopic (exact) mass is 366 g/mol. The van der Waals surface area contributed by atoms with Gasteiger partial charge in [0.15, 0.2) is 0 Å². The van der Waals surface area contributed by atoms with Crippen LogP contribution in [0, 0.1) is 0 Å². The molecule has 1 aliphatic carbocycles. The lowest BCUT2D eigenvalue weighted by atomic mass is 9.94. The molecule has 108 valence electrons. The highest BCUT2D eigenvalue weighted by Crippen LogP contribution is 2.36. The van der Waals surface area contributed by atoms with Gasteiger partial charge in [-0.05, 0) is 41.4 Å². The van der Waals surface area contributed by atoms with E-state index in [9.17, 15) is 8.42 Å². The van der Waals surface area contributed by atoms with Gasteiger partial charge in [0.25, 0.3) is 0 Å². The van der Waals surface area contributed by atoms with Crippen molar-refractivity contribution in [2.45, 2.75) is 43.7 Å². The van der Waals surface area contributed by atoms with Crippen LogP contribution < -0.4 is 5.32 Å². The number of hydrogen-bond donors (Lipinski definition) is 1. The van der Waals surface area contributed by atoms with Gasteiger partial charge in [0.1, 0.15) is 4.90 Å². The number of sulfonamides is 1. The third-order valence-corrected chi connectivity index (χ3v) is 7.66. The summed E-state index contributed by atoms with van der Waals surface area (Å²) in [5.41, 5.74) is 0. The molecule has 4 nitrogen and oxygen atoms in total. The Balaban J connectivity index is 2.21. The summed E-state index contributed by atoms with van der Waals surface area (Å²) in [5, 5.41) is 3.21. The minimum absolute atomic E-state index is 0.175. The molecular formula is C12H19BrN2O2S2. The zero-order valence-electron chi connectivity index (χ0n) is 11.1. The molecule has 1 N–H and O–H groups in total. The van der Waals surface area contributed by atoms with E-state index in [4.69, 9.17) is 0 Å². The number of hydrogen-bond acceptors (Lipinski definition) is 4. The summed E-state index contributed by atoms with van der Waals surface area (Å²) in [7, 11) is -1.68. The van der Waals surface area contributed by atoms with Gasteiger partial charge in [0, 0.05) is 24.5 Å². The molecule has 0 aromatic carbocycles. The summed E-state index contributed by atoms with van der Waals surface area (Å²) >= 11 is 4.87. The number of halogens is 1. The molecule has 0 radical (unpaired) electrons. The highest BCUT2D eigenvalue weighted by Gasteiger charge is 2.33. The number of nitrogens with one attached hydrogen (secondary N) is 1. The van der Waals surface area contributed by atoms with Gasteiger partial charge < -0.3 is 5.32 Å². The summed E-state index contributed by atoms with van der Waals surface area (Å²) in [5.74, 6) is 0. The molecule has 0 atom stereocenters. The van der Waals surface area contributed by atoms with Crippen molar-refractivity contribution in [2.75, 3.05) is 13.6 Å². The lowest BCUT2D eigenvalue weighted by molar-refractivity contribution is 0.249. The quantitative estimate of drug-likeness (QED) is 0.841. The molecule has 1 aliphatic rings. The maximum Gasteiger partial charge on any atom is 0.245 e. The Hall–Kier alpha value is 0.0500. The van der Waals surface area contributed by atoms with Crippen molar-refractivity contribution in [3.8, 4) is 0 Å². The first-order valence-corrected chi connectivity index (χ1v) is 9.48. The van der Waals surface area contributed by atoms with Crippen molar-refractivity contribution in [1.82, 2.24) is 9.62 Å². The lowest BCUT2D eigenvalue weighted by Gasteiger charge is -2.33. The van der Waals surface area contributed by atoms with Crippen molar-refractivity contribution < 1.29 is 8.42 Å². The van der Waals surface area contributed by atoms with Gasteiger partial charge in [-0.25, -0.2) is 8.42 Å². The summed E-state index contributed by atoms with van der Waals surface area (Å²) < 4.78 is 27.3. The third kappa shape index (κ3) is 3.21. The third-order valence-electron chi connectivity index (χ3n) is 3.50. The van der Waals surface area contributed by atoms with E-state index >= 15 is 0 Å². The molecule has 0 unspecified atom stereocenters. The van der Waals surface area contributed by atoms with Crippen molar-refractivity contribution in [2.24, 2.45) is 0 Å². The van der Waals surface area contributed by atoms with Crippen molar-refractivity contribution in [1.29, 1.82) is 0 Å². The molecule has 1 fully saturated rings. The Morgan fingerprint density at radius 3 is 2.74 bits per heavy atom. The molecule has 7 heteroatoms. The highest BCUT2D eigenvalue weighted by atomic mass is 79.9. The fourth-order valence-corrected chi connectivity index (χ4v) is 6.03. The Bertz CT molecular complexity index is 538. The molecule has 0 amide bonds. The van der Waals surface area contributed by atoms with Gasteiger partial charge >= 0.3 is 0 Å². The molecule has 0 bridgehead atoms. The second kappa shape index (κ2) is 6.22. The van der Waals surface area contributed by atoms with E-state index in [-0.39, 0.29) is 6.04 Å². The fourth-order valence-electron chi connectivity index (χ4n) is 2.01. The van der Waals surface area contributed by atoms with Crippen LogP contribution in [-0.4, -0.2) is 32.4 Å². The van der Waals surface area contributed by atoms with E-state index in [1.807, 2.05) is 6.92 Å². The fraction of sp³-hybridized carbons (Fsp3) is 0.667. The maximum atomic E-state index is 12.6. The van der Waals surface area contributed by atoms with E-state index in [1.165, 1.54) is 15.6 Å². The van der Waals surface area contributed by atoms with E-state index in [0.717, 1.165) is 30.7 Å². The standard InChI is InChI=1S/C12H19BrN2O2S2/c1-3-14-8-10-7-11(12(13)18-10)19(16,17)15(2)9-5-4-6-9/h7,9,14H,3-6,8H2,1-2H3. The Morgan fingerprint density at radius 1 is 1.53 bits per heavy atom. The summed E-state index contributed by atoms with van der Waals surface area (Å²) in [6.07, 6.45) is 3.07. The summed E-state index contributed by atoms with van der Waals surface area (Å²) in [6, 6.07) is 1.95. The van der Waals surface area contributed by atoms with E-state index in [1.54, 1.807) is 13.1 Å². The zero-order chi connectivity index (χ0) is 14.0.